The second-order valence-corrected chi connectivity index (χ2v) is 15.2. The van der Waals surface area contributed by atoms with E-state index in [1.165, 1.54) is 24.3 Å². The second kappa shape index (κ2) is 14.3. The molecule has 9 heteroatoms. The van der Waals surface area contributed by atoms with Crippen molar-refractivity contribution in [2.45, 2.75) is 87.7 Å². The highest BCUT2D eigenvalue weighted by atomic mass is 35.5. The topological polar surface area (TPSA) is 74.8 Å². The van der Waals surface area contributed by atoms with Gasteiger partial charge in [0, 0.05) is 30.7 Å². The van der Waals surface area contributed by atoms with E-state index in [0.29, 0.717) is 11.6 Å². The maximum absolute atomic E-state index is 13.9. The Kier molecular flexibility index (Phi) is 11.1. The molecule has 4 rings (SSSR count). The Morgan fingerprint density at radius 3 is 1.88 bits per heavy atom. The molecule has 0 spiro atoms. The molecule has 0 bridgehead atoms. The first-order chi connectivity index (χ1) is 19.6. The van der Waals surface area contributed by atoms with Crippen LogP contribution in [0.3, 0.4) is 0 Å². The maximum atomic E-state index is 13.9. The molecular formula is C32H41ClN2O4S2. The van der Waals surface area contributed by atoms with Crippen molar-refractivity contribution in [1.82, 2.24) is 8.61 Å². The van der Waals surface area contributed by atoms with E-state index in [2.05, 4.69) is 13.8 Å². The highest BCUT2D eigenvalue weighted by molar-refractivity contribution is 7.89. The van der Waals surface area contributed by atoms with E-state index in [4.69, 9.17) is 11.6 Å². The van der Waals surface area contributed by atoms with Gasteiger partial charge in [-0.1, -0.05) is 93.6 Å². The Bertz CT molecular complexity index is 1460. The predicted octanol–water partition coefficient (Wildman–Crippen LogP) is 7.49. The van der Waals surface area contributed by atoms with E-state index in [0.717, 1.165) is 56.1 Å². The van der Waals surface area contributed by atoms with Crippen LogP contribution in [-0.2, 0) is 33.1 Å². The number of rotatable bonds is 14. The largest absolute Gasteiger partial charge is 0.243 e. The molecule has 0 N–H and O–H groups in total. The number of halogens is 1. The molecule has 1 fully saturated rings. The van der Waals surface area contributed by atoms with Crippen LogP contribution in [-0.4, -0.2) is 38.0 Å². The molecule has 222 valence electrons. The Morgan fingerprint density at radius 1 is 0.756 bits per heavy atom. The molecule has 3 aromatic rings. The average Bonchev–Trinajstić information content (AvgIpc) is 3.51. The summed E-state index contributed by atoms with van der Waals surface area (Å²) < 4.78 is 58.8. The third-order valence-corrected chi connectivity index (χ3v) is 12.0. The van der Waals surface area contributed by atoms with Gasteiger partial charge in [0.05, 0.1) is 9.79 Å². The smallest absolute Gasteiger partial charge is 0.207 e. The van der Waals surface area contributed by atoms with Crippen molar-refractivity contribution in [3.05, 3.63) is 95.0 Å². The number of hydrogen-bond acceptors (Lipinski definition) is 4. The molecule has 0 heterocycles. The van der Waals surface area contributed by atoms with Gasteiger partial charge >= 0.3 is 0 Å². The molecule has 1 aliphatic rings. The van der Waals surface area contributed by atoms with Gasteiger partial charge in [0.25, 0.3) is 0 Å². The van der Waals surface area contributed by atoms with E-state index >= 15 is 0 Å². The second-order valence-electron chi connectivity index (χ2n) is 10.9. The third-order valence-electron chi connectivity index (χ3n) is 7.99. The minimum absolute atomic E-state index is 0.0926. The minimum atomic E-state index is -3.86. The van der Waals surface area contributed by atoms with E-state index in [1.54, 1.807) is 20.7 Å². The molecule has 0 aliphatic heterocycles. The molecule has 3 aromatic carbocycles. The van der Waals surface area contributed by atoms with Crippen LogP contribution in [0.4, 0.5) is 0 Å². The first kappa shape index (κ1) is 31.7. The summed E-state index contributed by atoms with van der Waals surface area (Å²) >= 11 is 6.05. The van der Waals surface area contributed by atoms with Crippen LogP contribution in [0, 0.1) is 5.92 Å². The van der Waals surface area contributed by atoms with Crippen LogP contribution in [0.15, 0.2) is 88.7 Å². The van der Waals surface area contributed by atoms with Gasteiger partial charge in [-0.3, -0.25) is 0 Å². The molecule has 1 unspecified atom stereocenters. The zero-order valence-electron chi connectivity index (χ0n) is 24.0. The van der Waals surface area contributed by atoms with E-state index in [9.17, 15) is 16.8 Å². The highest BCUT2D eigenvalue weighted by Crippen LogP contribution is 2.31. The maximum Gasteiger partial charge on any atom is 0.243 e. The molecule has 0 radical (unpaired) electrons. The normalized spacial score (nSPS) is 15.5. The minimum Gasteiger partial charge on any atom is -0.207 e. The fraction of sp³-hybridized carbons (Fsp3) is 0.438. The number of nitrogens with zero attached hydrogens (tertiary/aromatic N) is 2. The van der Waals surface area contributed by atoms with Gasteiger partial charge in [-0.05, 0) is 72.7 Å². The van der Waals surface area contributed by atoms with Crippen LogP contribution >= 0.6 is 11.6 Å². The molecule has 1 atom stereocenters. The molecule has 0 amide bonds. The summed E-state index contributed by atoms with van der Waals surface area (Å²) in [5.74, 6) is 0.242. The van der Waals surface area contributed by atoms with E-state index in [1.807, 2.05) is 42.5 Å². The Hall–Kier alpha value is -2.23. The lowest BCUT2D eigenvalue weighted by Crippen LogP contribution is -2.38. The molecule has 1 saturated carbocycles. The van der Waals surface area contributed by atoms with Crippen molar-refractivity contribution in [3.63, 3.8) is 0 Å². The quantitative estimate of drug-likeness (QED) is 0.188. The fourth-order valence-electron chi connectivity index (χ4n) is 5.60. The van der Waals surface area contributed by atoms with Gasteiger partial charge in [-0.25, -0.2) is 16.8 Å². The van der Waals surface area contributed by atoms with Crippen LogP contribution in [0.25, 0.3) is 0 Å². The summed E-state index contributed by atoms with van der Waals surface area (Å²) in [6.07, 6.45) is 6.41. The zero-order chi connectivity index (χ0) is 29.5. The molecule has 6 nitrogen and oxygen atoms in total. The average molecular weight is 617 g/mol. The van der Waals surface area contributed by atoms with Crippen molar-refractivity contribution in [1.29, 1.82) is 0 Å². The monoisotopic (exact) mass is 616 g/mol. The number of sulfonamides is 2. The van der Waals surface area contributed by atoms with Crippen molar-refractivity contribution < 1.29 is 16.8 Å². The van der Waals surface area contributed by atoms with E-state index in [-0.39, 0.29) is 34.8 Å². The van der Waals surface area contributed by atoms with Gasteiger partial charge in [-0.2, -0.15) is 8.61 Å². The van der Waals surface area contributed by atoms with Gasteiger partial charge in [0.2, 0.25) is 20.0 Å². The summed E-state index contributed by atoms with van der Waals surface area (Å²) in [5, 5.41) is 0.599. The number of benzene rings is 3. The van der Waals surface area contributed by atoms with Gasteiger partial charge in [0.1, 0.15) is 0 Å². The van der Waals surface area contributed by atoms with Crippen LogP contribution < -0.4 is 0 Å². The summed E-state index contributed by atoms with van der Waals surface area (Å²) in [7, 11) is -7.72. The van der Waals surface area contributed by atoms with Crippen LogP contribution in [0.1, 0.15) is 69.9 Å². The standard InChI is InChI=1S/C32H41ClN2O4S2/c1-3-10-26(4-2)23-34(24-27-11-6-5-7-12-27)40(36,37)31-19-21-32(22-20-31)41(38,39)35(30-13-8-9-14-30)25-28-15-17-29(33)18-16-28/h5-7,11-12,15-22,26,30H,3-4,8-10,13-14,23-25H2,1-2H3. The Balaban J connectivity index is 1.62. The van der Waals surface area contributed by atoms with Crippen LogP contribution in [0.2, 0.25) is 5.02 Å². The number of hydrogen-bond donors (Lipinski definition) is 0. The first-order valence-electron chi connectivity index (χ1n) is 14.6. The zero-order valence-corrected chi connectivity index (χ0v) is 26.3. The van der Waals surface area contributed by atoms with Gasteiger partial charge in [0.15, 0.2) is 0 Å². The van der Waals surface area contributed by atoms with E-state index < -0.39 is 20.0 Å². The summed E-state index contributed by atoms with van der Waals surface area (Å²) in [6, 6.07) is 22.5. The molecule has 0 aromatic heterocycles. The van der Waals surface area contributed by atoms with Gasteiger partial charge in [-0.15, -0.1) is 0 Å². The molecule has 1 aliphatic carbocycles. The lowest BCUT2D eigenvalue weighted by atomic mass is 10.0. The lowest BCUT2D eigenvalue weighted by Gasteiger charge is -2.29. The predicted molar refractivity (Wildman–Crippen MR) is 166 cm³/mol. The third kappa shape index (κ3) is 7.99. The summed E-state index contributed by atoms with van der Waals surface area (Å²) in [5.41, 5.74) is 1.77. The van der Waals surface area contributed by atoms with Crippen LogP contribution in [0.5, 0.6) is 0 Å². The van der Waals surface area contributed by atoms with Crippen molar-refractivity contribution in [3.8, 4) is 0 Å². The molecule has 41 heavy (non-hydrogen) atoms. The molecule has 0 saturated heterocycles. The SMILES string of the molecule is CCCC(CC)CN(Cc1ccccc1)S(=O)(=O)c1ccc(S(=O)(=O)N(Cc2ccc(Cl)cc2)C2CCCC2)cc1. The Morgan fingerprint density at radius 2 is 1.32 bits per heavy atom. The Labute approximate surface area is 251 Å². The first-order valence-corrected chi connectivity index (χ1v) is 17.8. The lowest BCUT2D eigenvalue weighted by molar-refractivity contribution is 0.315. The van der Waals surface area contributed by atoms with Crippen molar-refractivity contribution >= 4 is 31.6 Å². The van der Waals surface area contributed by atoms with Gasteiger partial charge < -0.3 is 0 Å². The summed E-state index contributed by atoms with van der Waals surface area (Å²) in [4.78, 5) is 0.202. The molecular weight excluding hydrogens is 576 g/mol. The fourth-order valence-corrected chi connectivity index (χ4v) is 8.90. The summed E-state index contributed by atoms with van der Waals surface area (Å²) in [6.45, 7) is 5.12. The van der Waals surface area contributed by atoms with Crippen molar-refractivity contribution in [2.75, 3.05) is 6.54 Å². The highest BCUT2D eigenvalue weighted by Gasteiger charge is 2.34. The van der Waals surface area contributed by atoms with Crippen molar-refractivity contribution in [2.24, 2.45) is 5.92 Å².